The molecule has 0 bridgehead atoms. The van der Waals surface area contributed by atoms with Crippen molar-refractivity contribution in [3.05, 3.63) is 33.7 Å². The van der Waals surface area contributed by atoms with Crippen LogP contribution in [0.4, 0.5) is 0 Å². The van der Waals surface area contributed by atoms with E-state index in [1.54, 1.807) is 0 Å². The summed E-state index contributed by atoms with van der Waals surface area (Å²) in [5, 5.41) is 2.89. The number of benzene rings is 1. The Hall–Kier alpha value is -0.990. The number of hydrogen-bond donors (Lipinski definition) is 1. The molecule has 2 rings (SSSR count). The zero-order chi connectivity index (χ0) is 15.2. The molecule has 5 nitrogen and oxygen atoms in total. The zero-order valence-electron chi connectivity index (χ0n) is 12.7. The van der Waals surface area contributed by atoms with E-state index in [1.807, 2.05) is 18.2 Å². The molecule has 0 atom stereocenters. The van der Waals surface area contributed by atoms with Crippen LogP contribution in [-0.2, 0) is 0 Å². The van der Waals surface area contributed by atoms with Crippen molar-refractivity contribution in [3.8, 4) is 0 Å². The maximum atomic E-state index is 12.1. The van der Waals surface area contributed by atoms with E-state index in [2.05, 4.69) is 56.6 Å². The highest BCUT2D eigenvalue weighted by molar-refractivity contribution is 14.1. The molecule has 7 heteroatoms. The molecule has 2 aromatic rings. The van der Waals surface area contributed by atoms with E-state index >= 15 is 0 Å². The minimum atomic E-state index is -0.171. The Morgan fingerprint density at radius 3 is 2.68 bits per heavy atom. The molecule has 0 saturated heterocycles. The quantitative estimate of drug-likeness (QED) is 0.710. The lowest BCUT2D eigenvalue weighted by atomic mass is 10.3. The van der Waals surface area contributed by atoms with Gasteiger partial charge in [-0.05, 0) is 53.9 Å². The maximum absolute atomic E-state index is 12.1. The summed E-state index contributed by atoms with van der Waals surface area (Å²) in [4.78, 5) is 23.0. The van der Waals surface area contributed by atoms with E-state index in [-0.39, 0.29) is 18.3 Å². The molecule has 0 aliphatic rings. The average Bonchev–Trinajstić information content (AvgIpc) is 2.50. The van der Waals surface area contributed by atoms with E-state index in [9.17, 15) is 4.79 Å². The summed E-state index contributed by atoms with van der Waals surface area (Å²) in [6, 6.07) is 5.79. The van der Waals surface area contributed by atoms with Crippen LogP contribution >= 0.6 is 35.0 Å². The van der Waals surface area contributed by atoms with Gasteiger partial charge in [-0.1, -0.05) is 13.8 Å². The van der Waals surface area contributed by atoms with Crippen LogP contribution in [0.15, 0.2) is 24.4 Å². The molecule has 0 aliphatic heterocycles. The number of halogens is 2. The number of carbonyl (C=O) groups excluding carboxylic acids is 1. The third-order valence-electron chi connectivity index (χ3n) is 3.34. The molecule has 1 heterocycles. The average molecular weight is 435 g/mol. The lowest BCUT2D eigenvalue weighted by Crippen LogP contribution is -2.35. The van der Waals surface area contributed by atoms with E-state index < -0.39 is 0 Å². The lowest BCUT2D eigenvalue weighted by molar-refractivity contribution is 0.0944. The number of rotatable bonds is 6. The van der Waals surface area contributed by atoms with Gasteiger partial charge in [-0.2, -0.15) is 0 Å². The summed E-state index contributed by atoms with van der Waals surface area (Å²) in [7, 11) is 0. The number of likely N-dealkylation sites (N-methyl/N-ethyl adjacent to an activating group) is 1. The predicted octanol–water partition coefficient (Wildman–Crippen LogP) is 2.73. The van der Waals surface area contributed by atoms with Gasteiger partial charge < -0.3 is 10.2 Å². The van der Waals surface area contributed by atoms with Crippen molar-refractivity contribution in [2.75, 3.05) is 26.2 Å². The van der Waals surface area contributed by atoms with Gasteiger partial charge in [0.15, 0.2) is 0 Å². The Morgan fingerprint density at radius 1 is 1.27 bits per heavy atom. The van der Waals surface area contributed by atoms with Crippen LogP contribution in [0.2, 0.25) is 0 Å². The fourth-order valence-electron chi connectivity index (χ4n) is 2.05. The molecule has 0 spiro atoms. The summed E-state index contributed by atoms with van der Waals surface area (Å²) >= 11 is 2.23. The van der Waals surface area contributed by atoms with E-state index in [0.717, 1.165) is 34.2 Å². The SMILES string of the molecule is CCN(CC)CCNC(=O)c1cnc2cc(I)ccc2n1.Cl. The molecule has 1 amide bonds. The molecule has 0 radical (unpaired) electrons. The molecule has 120 valence electrons. The van der Waals surface area contributed by atoms with Gasteiger partial charge in [0.05, 0.1) is 17.2 Å². The maximum Gasteiger partial charge on any atom is 0.271 e. The molecule has 0 unspecified atom stereocenters. The molecule has 0 fully saturated rings. The van der Waals surface area contributed by atoms with Crippen LogP contribution in [0.5, 0.6) is 0 Å². The Bertz CT molecular complexity index is 634. The van der Waals surface area contributed by atoms with Crippen molar-refractivity contribution in [2.45, 2.75) is 13.8 Å². The van der Waals surface area contributed by atoms with Crippen molar-refractivity contribution in [1.29, 1.82) is 0 Å². The zero-order valence-corrected chi connectivity index (χ0v) is 15.6. The normalized spacial score (nSPS) is 10.5. The molecule has 0 saturated carbocycles. The Morgan fingerprint density at radius 2 is 2.00 bits per heavy atom. The molecular formula is C15H20ClIN4O. The summed E-state index contributed by atoms with van der Waals surface area (Å²) in [6.07, 6.45) is 1.53. The van der Waals surface area contributed by atoms with E-state index in [0.29, 0.717) is 12.2 Å². The predicted molar refractivity (Wildman–Crippen MR) is 99.6 cm³/mol. The van der Waals surface area contributed by atoms with Gasteiger partial charge in [-0.25, -0.2) is 4.98 Å². The van der Waals surface area contributed by atoms with Crippen molar-refractivity contribution < 1.29 is 4.79 Å². The third kappa shape index (κ3) is 5.03. The van der Waals surface area contributed by atoms with Gasteiger partial charge in [0, 0.05) is 16.7 Å². The van der Waals surface area contributed by atoms with Crippen LogP contribution in [0.3, 0.4) is 0 Å². The number of nitrogens with zero attached hydrogens (tertiary/aromatic N) is 3. The number of carbonyl (C=O) groups is 1. The molecular weight excluding hydrogens is 415 g/mol. The second-order valence-electron chi connectivity index (χ2n) is 4.67. The van der Waals surface area contributed by atoms with Crippen LogP contribution in [0.1, 0.15) is 24.3 Å². The second kappa shape index (κ2) is 9.22. The van der Waals surface area contributed by atoms with Gasteiger partial charge in [-0.15, -0.1) is 12.4 Å². The first-order chi connectivity index (χ1) is 10.1. The van der Waals surface area contributed by atoms with Crippen molar-refractivity contribution in [3.63, 3.8) is 0 Å². The van der Waals surface area contributed by atoms with E-state index in [4.69, 9.17) is 0 Å². The monoisotopic (exact) mass is 434 g/mol. The second-order valence-corrected chi connectivity index (χ2v) is 5.92. The topological polar surface area (TPSA) is 58.1 Å². The largest absolute Gasteiger partial charge is 0.349 e. The van der Waals surface area contributed by atoms with Gasteiger partial charge in [0.2, 0.25) is 0 Å². The minimum absolute atomic E-state index is 0. The lowest BCUT2D eigenvalue weighted by Gasteiger charge is -2.17. The fourth-order valence-corrected chi connectivity index (χ4v) is 2.53. The van der Waals surface area contributed by atoms with Gasteiger partial charge in [0.25, 0.3) is 5.91 Å². The number of aromatic nitrogens is 2. The Labute approximate surface area is 150 Å². The summed E-state index contributed by atoms with van der Waals surface area (Å²) in [5.74, 6) is -0.171. The van der Waals surface area contributed by atoms with Crippen molar-refractivity contribution >= 4 is 51.9 Å². The summed E-state index contributed by atoms with van der Waals surface area (Å²) in [5.41, 5.74) is 1.91. The third-order valence-corrected chi connectivity index (χ3v) is 4.02. The smallest absolute Gasteiger partial charge is 0.271 e. The molecule has 1 N–H and O–H groups in total. The van der Waals surface area contributed by atoms with Crippen molar-refractivity contribution in [1.82, 2.24) is 20.2 Å². The van der Waals surface area contributed by atoms with Gasteiger partial charge >= 0.3 is 0 Å². The fraction of sp³-hybridized carbons (Fsp3) is 0.400. The summed E-state index contributed by atoms with van der Waals surface area (Å²) < 4.78 is 1.10. The molecule has 1 aromatic carbocycles. The van der Waals surface area contributed by atoms with Gasteiger partial charge in [-0.3, -0.25) is 9.78 Å². The summed E-state index contributed by atoms with van der Waals surface area (Å²) in [6.45, 7) is 7.66. The molecule has 1 aromatic heterocycles. The number of hydrogen-bond acceptors (Lipinski definition) is 4. The highest BCUT2D eigenvalue weighted by Gasteiger charge is 2.09. The molecule has 22 heavy (non-hydrogen) atoms. The minimum Gasteiger partial charge on any atom is -0.349 e. The number of nitrogens with one attached hydrogen (secondary N) is 1. The number of amides is 1. The first-order valence-corrected chi connectivity index (χ1v) is 8.14. The Kier molecular flexibility index (Phi) is 7.98. The van der Waals surface area contributed by atoms with E-state index in [1.165, 1.54) is 6.20 Å². The van der Waals surface area contributed by atoms with Crippen LogP contribution in [-0.4, -0.2) is 47.0 Å². The van der Waals surface area contributed by atoms with Crippen LogP contribution in [0, 0.1) is 3.57 Å². The first kappa shape index (κ1) is 19.1. The standard InChI is InChI=1S/C15H19IN4O.ClH/c1-3-20(4-2)8-7-17-15(21)14-10-18-13-9-11(16)5-6-12(13)19-14;/h5-6,9-10H,3-4,7-8H2,1-2H3,(H,17,21);1H. The van der Waals surface area contributed by atoms with Crippen LogP contribution in [0.25, 0.3) is 11.0 Å². The Balaban J connectivity index is 0.00000242. The first-order valence-electron chi connectivity index (χ1n) is 7.07. The number of fused-ring (bicyclic) bond motifs is 1. The molecule has 0 aliphatic carbocycles. The van der Waals surface area contributed by atoms with Gasteiger partial charge in [0.1, 0.15) is 5.69 Å². The van der Waals surface area contributed by atoms with Crippen molar-refractivity contribution in [2.24, 2.45) is 0 Å². The van der Waals surface area contributed by atoms with Crippen LogP contribution < -0.4 is 5.32 Å². The highest BCUT2D eigenvalue weighted by atomic mass is 127. The highest BCUT2D eigenvalue weighted by Crippen LogP contribution is 2.13.